The van der Waals surface area contributed by atoms with Crippen LogP contribution < -0.4 is 10.6 Å². The Bertz CT molecular complexity index is 838. The minimum absolute atomic E-state index is 0.216. The van der Waals surface area contributed by atoms with Crippen LogP contribution in [0.2, 0.25) is 0 Å². The van der Waals surface area contributed by atoms with Gasteiger partial charge in [0.2, 0.25) is 0 Å². The number of nitrogens with zero attached hydrogens (tertiary/aromatic N) is 2. The first-order valence-corrected chi connectivity index (χ1v) is 7.78. The van der Waals surface area contributed by atoms with E-state index in [2.05, 4.69) is 21.7 Å². The molecule has 0 spiro atoms. The molecule has 0 saturated heterocycles. The third-order valence-corrected chi connectivity index (χ3v) is 3.59. The molecule has 2 heterocycles. The number of hydrogen-bond donors (Lipinski definition) is 2. The van der Waals surface area contributed by atoms with Crippen LogP contribution in [0.1, 0.15) is 18.9 Å². The lowest BCUT2D eigenvalue weighted by Crippen LogP contribution is -2.29. The van der Waals surface area contributed by atoms with Gasteiger partial charge in [-0.2, -0.15) is 0 Å². The molecular weight excluding hydrogens is 288 g/mol. The molecule has 0 aliphatic rings. The molecule has 2 aromatic heterocycles. The molecule has 2 N–H and O–H groups in total. The summed E-state index contributed by atoms with van der Waals surface area (Å²) in [5, 5.41) is 5.77. The predicted molar refractivity (Wildman–Crippen MR) is 92.7 cm³/mol. The van der Waals surface area contributed by atoms with Gasteiger partial charge in [-0.3, -0.25) is 9.72 Å². The number of hydrogen-bond acceptors (Lipinski definition) is 2. The molecule has 0 radical (unpaired) electrons. The van der Waals surface area contributed by atoms with Gasteiger partial charge in [0.15, 0.2) is 0 Å². The second-order valence-corrected chi connectivity index (χ2v) is 5.49. The molecule has 0 atom stereocenters. The van der Waals surface area contributed by atoms with Gasteiger partial charge in [0.25, 0.3) is 0 Å². The van der Waals surface area contributed by atoms with Gasteiger partial charge in [-0.05, 0) is 31.5 Å². The molecule has 2 amide bonds. The van der Waals surface area contributed by atoms with Crippen molar-refractivity contribution in [2.24, 2.45) is 0 Å². The number of anilines is 1. The number of imidazole rings is 1. The van der Waals surface area contributed by atoms with Crippen LogP contribution in [0.4, 0.5) is 10.6 Å². The van der Waals surface area contributed by atoms with Gasteiger partial charge in [-0.1, -0.05) is 36.8 Å². The van der Waals surface area contributed by atoms with E-state index in [9.17, 15) is 4.79 Å². The van der Waals surface area contributed by atoms with Crippen molar-refractivity contribution in [2.45, 2.75) is 20.3 Å². The molecule has 0 saturated carbocycles. The number of urea groups is 1. The molecule has 0 bridgehead atoms. The van der Waals surface area contributed by atoms with Crippen LogP contribution >= 0.6 is 0 Å². The van der Waals surface area contributed by atoms with Gasteiger partial charge >= 0.3 is 6.03 Å². The zero-order valence-corrected chi connectivity index (χ0v) is 13.3. The largest absolute Gasteiger partial charge is 0.338 e. The maximum atomic E-state index is 12.1. The first-order chi connectivity index (χ1) is 11.2. The summed E-state index contributed by atoms with van der Waals surface area (Å²) in [6.07, 6.45) is 2.79. The average Bonchev–Trinajstić information content (AvgIpc) is 2.92. The second-order valence-electron chi connectivity index (χ2n) is 5.49. The normalized spacial score (nSPS) is 10.7. The van der Waals surface area contributed by atoms with Crippen molar-refractivity contribution in [3.8, 4) is 11.3 Å². The SMILES string of the molecule is CCCNC(=O)Nc1c(-c2cccc(C)c2)nc2ccccn12. The zero-order valence-electron chi connectivity index (χ0n) is 13.3. The fraction of sp³-hybridized carbons (Fsp3) is 0.222. The van der Waals surface area contributed by atoms with Crippen molar-refractivity contribution < 1.29 is 4.79 Å². The minimum atomic E-state index is -0.216. The molecule has 0 unspecified atom stereocenters. The molecule has 0 fully saturated rings. The van der Waals surface area contributed by atoms with Gasteiger partial charge in [-0.25, -0.2) is 9.78 Å². The van der Waals surface area contributed by atoms with Gasteiger partial charge in [0, 0.05) is 18.3 Å². The fourth-order valence-corrected chi connectivity index (χ4v) is 2.50. The summed E-state index contributed by atoms with van der Waals surface area (Å²) in [4.78, 5) is 16.8. The summed E-state index contributed by atoms with van der Waals surface area (Å²) in [7, 11) is 0. The molecule has 5 nitrogen and oxygen atoms in total. The monoisotopic (exact) mass is 308 g/mol. The Balaban J connectivity index is 2.06. The number of aromatic nitrogens is 2. The smallest absolute Gasteiger partial charge is 0.320 e. The number of fused-ring (bicyclic) bond motifs is 1. The van der Waals surface area contributed by atoms with Crippen molar-refractivity contribution in [2.75, 3.05) is 11.9 Å². The van der Waals surface area contributed by atoms with E-state index in [-0.39, 0.29) is 6.03 Å². The summed E-state index contributed by atoms with van der Waals surface area (Å²) in [5.74, 6) is 0.680. The Morgan fingerprint density at radius 1 is 1.22 bits per heavy atom. The molecule has 1 aromatic carbocycles. The van der Waals surface area contributed by atoms with E-state index in [0.717, 1.165) is 28.9 Å². The summed E-state index contributed by atoms with van der Waals surface area (Å²) < 4.78 is 1.89. The lowest BCUT2D eigenvalue weighted by atomic mass is 10.1. The number of rotatable bonds is 4. The van der Waals surface area contributed by atoms with Crippen molar-refractivity contribution in [3.63, 3.8) is 0 Å². The van der Waals surface area contributed by atoms with Gasteiger partial charge in [0.1, 0.15) is 17.2 Å². The lowest BCUT2D eigenvalue weighted by Gasteiger charge is -2.09. The second kappa shape index (κ2) is 6.52. The number of carbonyl (C=O) groups is 1. The molecular formula is C18H20N4O. The quantitative estimate of drug-likeness (QED) is 0.769. The molecule has 3 rings (SSSR count). The van der Waals surface area contributed by atoms with E-state index in [0.29, 0.717) is 12.4 Å². The first-order valence-electron chi connectivity index (χ1n) is 7.78. The van der Waals surface area contributed by atoms with Crippen molar-refractivity contribution >= 4 is 17.5 Å². The highest BCUT2D eigenvalue weighted by Crippen LogP contribution is 2.29. The molecule has 0 aliphatic heterocycles. The topological polar surface area (TPSA) is 58.4 Å². The summed E-state index contributed by atoms with van der Waals surface area (Å²) in [6, 6.07) is 13.7. The van der Waals surface area contributed by atoms with Crippen molar-refractivity contribution in [3.05, 3.63) is 54.2 Å². The van der Waals surface area contributed by atoms with Crippen LogP contribution in [0.3, 0.4) is 0 Å². The van der Waals surface area contributed by atoms with Crippen molar-refractivity contribution in [1.82, 2.24) is 14.7 Å². The van der Waals surface area contributed by atoms with Gasteiger partial charge in [-0.15, -0.1) is 0 Å². The van der Waals surface area contributed by atoms with E-state index in [4.69, 9.17) is 0 Å². The third kappa shape index (κ3) is 3.18. The highest BCUT2D eigenvalue weighted by atomic mass is 16.2. The van der Waals surface area contributed by atoms with E-state index < -0.39 is 0 Å². The first kappa shape index (κ1) is 15.1. The van der Waals surface area contributed by atoms with Crippen LogP contribution in [-0.2, 0) is 0 Å². The van der Waals surface area contributed by atoms with Crippen molar-refractivity contribution in [1.29, 1.82) is 0 Å². The van der Waals surface area contributed by atoms with E-state index in [1.54, 1.807) is 0 Å². The van der Waals surface area contributed by atoms with Gasteiger partial charge < -0.3 is 5.32 Å². The molecule has 3 aromatic rings. The Morgan fingerprint density at radius 2 is 2.09 bits per heavy atom. The third-order valence-electron chi connectivity index (χ3n) is 3.59. The zero-order chi connectivity index (χ0) is 16.2. The number of nitrogens with one attached hydrogen (secondary N) is 2. The number of pyridine rings is 1. The Morgan fingerprint density at radius 3 is 2.87 bits per heavy atom. The maximum Gasteiger partial charge on any atom is 0.320 e. The molecule has 23 heavy (non-hydrogen) atoms. The molecule has 5 heteroatoms. The number of benzene rings is 1. The number of amides is 2. The standard InChI is InChI=1S/C18H20N4O/c1-3-10-19-18(23)21-17-16(14-8-6-7-13(2)12-14)20-15-9-4-5-11-22(15)17/h4-9,11-12H,3,10H2,1-2H3,(H2,19,21,23). The van der Waals surface area contributed by atoms with Crippen LogP contribution in [-0.4, -0.2) is 22.0 Å². The highest BCUT2D eigenvalue weighted by Gasteiger charge is 2.16. The molecule has 118 valence electrons. The highest BCUT2D eigenvalue weighted by molar-refractivity contribution is 5.93. The van der Waals surface area contributed by atoms with Crippen LogP contribution in [0.15, 0.2) is 48.7 Å². The van der Waals surface area contributed by atoms with E-state index in [1.165, 1.54) is 0 Å². The number of aryl methyl sites for hydroxylation is 1. The predicted octanol–water partition coefficient (Wildman–Crippen LogP) is 3.84. The Kier molecular flexibility index (Phi) is 4.28. The summed E-state index contributed by atoms with van der Waals surface area (Å²) in [6.45, 7) is 4.70. The Labute approximate surface area is 135 Å². The summed E-state index contributed by atoms with van der Waals surface area (Å²) >= 11 is 0. The average molecular weight is 308 g/mol. The fourth-order valence-electron chi connectivity index (χ4n) is 2.50. The number of carbonyl (C=O) groups excluding carboxylic acids is 1. The lowest BCUT2D eigenvalue weighted by molar-refractivity contribution is 0.252. The van der Waals surface area contributed by atoms with Gasteiger partial charge in [0.05, 0.1) is 0 Å². The minimum Gasteiger partial charge on any atom is -0.338 e. The van der Waals surface area contributed by atoms with E-state index >= 15 is 0 Å². The summed E-state index contributed by atoms with van der Waals surface area (Å²) in [5.41, 5.74) is 3.71. The van der Waals surface area contributed by atoms with E-state index in [1.807, 2.05) is 60.8 Å². The van der Waals surface area contributed by atoms with Crippen LogP contribution in [0.25, 0.3) is 16.9 Å². The molecule has 0 aliphatic carbocycles. The van der Waals surface area contributed by atoms with Crippen LogP contribution in [0, 0.1) is 6.92 Å². The Hall–Kier alpha value is -2.82. The van der Waals surface area contributed by atoms with Crippen LogP contribution in [0.5, 0.6) is 0 Å². The maximum absolute atomic E-state index is 12.1.